The molecular formula is C17H15F3N2O5. The number of halogens is 3. The molecule has 0 heterocycles. The Morgan fingerprint density at radius 1 is 1.30 bits per heavy atom. The van der Waals surface area contributed by atoms with Crippen molar-refractivity contribution < 1.29 is 32.7 Å². The lowest BCUT2D eigenvalue weighted by Gasteiger charge is -2.11. The highest BCUT2D eigenvalue weighted by Crippen LogP contribution is 2.37. The Balaban J connectivity index is 2.28. The van der Waals surface area contributed by atoms with Gasteiger partial charge >= 0.3 is 11.9 Å². The Morgan fingerprint density at radius 3 is 2.59 bits per heavy atom. The van der Waals surface area contributed by atoms with Crippen LogP contribution in [0.25, 0.3) is 0 Å². The van der Waals surface area contributed by atoms with Crippen molar-refractivity contribution in [3.05, 3.63) is 63.7 Å². The summed E-state index contributed by atoms with van der Waals surface area (Å²) in [6.07, 6.45) is -5.48. The van der Waals surface area contributed by atoms with Crippen molar-refractivity contribution in [2.45, 2.75) is 19.2 Å². The minimum absolute atomic E-state index is 0.0221. The van der Waals surface area contributed by atoms with Crippen LogP contribution < -0.4 is 10.1 Å². The maximum absolute atomic E-state index is 12.7. The van der Waals surface area contributed by atoms with Gasteiger partial charge in [-0.05, 0) is 37.3 Å². The number of amides is 1. The number of benzene rings is 2. The Hall–Kier alpha value is -3.14. The molecule has 0 spiro atoms. The molecule has 0 aliphatic rings. The lowest BCUT2D eigenvalue weighted by Crippen LogP contribution is -2.30. The van der Waals surface area contributed by atoms with Crippen LogP contribution in [0.3, 0.4) is 0 Å². The highest BCUT2D eigenvalue weighted by Gasteiger charge is 2.33. The standard InChI is InChI=1S/C17H15F3N2O5/c1-10(23)9-21-16(24)11-3-2-4-13(7-11)27-15-6-5-12(17(18,19)20)8-14(15)22(25)26/h2-8,10,23H,9H2,1H3,(H,21,24). The monoisotopic (exact) mass is 384 g/mol. The number of aliphatic hydroxyl groups is 1. The second kappa shape index (κ2) is 8.04. The number of nitro benzene ring substituents is 1. The third kappa shape index (κ3) is 5.42. The van der Waals surface area contributed by atoms with Crippen LogP contribution in [0.4, 0.5) is 18.9 Å². The fraction of sp³-hybridized carbons (Fsp3) is 0.235. The number of carbonyl (C=O) groups is 1. The van der Waals surface area contributed by atoms with Crippen LogP contribution in [-0.2, 0) is 6.18 Å². The molecule has 0 saturated heterocycles. The van der Waals surface area contributed by atoms with Crippen LogP contribution >= 0.6 is 0 Å². The first-order chi connectivity index (χ1) is 12.6. The summed E-state index contributed by atoms with van der Waals surface area (Å²) in [5, 5.41) is 22.7. The molecule has 2 aromatic carbocycles. The van der Waals surface area contributed by atoms with Crippen LogP contribution in [0.2, 0.25) is 0 Å². The first-order valence-corrected chi connectivity index (χ1v) is 7.67. The fourth-order valence-corrected chi connectivity index (χ4v) is 2.09. The lowest BCUT2D eigenvalue weighted by molar-refractivity contribution is -0.385. The van der Waals surface area contributed by atoms with Crippen LogP contribution in [0.1, 0.15) is 22.8 Å². The van der Waals surface area contributed by atoms with E-state index in [0.717, 1.165) is 6.07 Å². The van der Waals surface area contributed by atoms with E-state index in [1.165, 1.54) is 31.2 Å². The van der Waals surface area contributed by atoms with Crippen molar-refractivity contribution >= 4 is 11.6 Å². The molecular weight excluding hydrogens is 369 g/mol. The average molecular weight is 384 g/mol. The van der Waals surface area contributed by atoms with E-state index >= 15 is 0 Å². The van der Waals surface area contributed by atoms with Crippen molar-refractivity contribution in [2.24, 2.45) is 0 Å². The second-order valence-corrected chi connectivity index (χ2v) is 5.63. The quantitative estimate of drug-likeness (QED) is 0.586. The van der Waals surface area contributed by atoms with Crippen LogP contribution in [0.15, 0.2) is 42.5 Å². The summed E-state index contributed by atoms with van der Waals surface area (Å²) in [6, 6.07) is 7.47. The first-order valence-electron chi connectivity index (χ1n) is 7.67. The Labute approximate surface area is 151 Å². The van der Waals surface area contributed by atoms with Crippen molar-refractivity contribution in [3.63, 3.8) is 0 Å². The molecule has 0 aliphatic heterocycles. The van der Waals surface area contributed by atoms with Gasteiger partial charge in [0.05, 0.1) is 16.6 Å². The van der Waals surface area contributed by atoms with Crippen LogP contribution in [0, 0.1) is 10.1 Å². The summed E-state index contributed by atoms with van der Waals surface area (Å²) in [4.78, 5) is 22.1. The molecule has 2 aromatic rings. The van der Waals surface area contributed by atoms with Gasteiger partial charge in [0.15, 0.2) is 0 Å². The molecule has 144 valence electrons. The van der Waals surface area contributed by atoms with Gasteiger partial charge in [0.2, 0.25) is 5.75 Å². The van der Waals surface area contributed by atoms with Crippen molar-refractivity contribution in [1.82, 2.24) is 5.32 Å². The molecule has 10 heteroatoms. The predicted molar refractivity (Wildman–Crippen MR) is 88.6 cm³/mol. The number of hydrogen-bond donors (Lipinski definition) is 2. The van der Waals surface area contributed by atoms with Crippen molar-refractivity contribution in [1.29, 1.82) is 0 Å². The van der Waals surface area contributed by atoms with Gasteiger partial charge in [0.1, 0.15) is 5.75 Å². The normalized spacial score (nSPS) is 12.3. The van der Waals surface area contributed by atoms with Crippen LogP contribution in [-0.4, -0.2) is 28.6 Å². The van der Waals surface area contributed by atoms with Gasteiger partial charge in [-0.15, -0.1) is 0 Å². The molecule has 1 atom stereocenters. The van der Waals surface area contributed by atoms with E-state index in [1.54, 1.807) is 0 Å². The molecule has 0 saturated carbocycles. The number of nitrogens with zero attached hydrogens (tertiary/aromatic N) is 1. The smallest absolute Gasteiger partial charge is 0.416 e. The van der Waals surface area contributed by atoms with Gasteiger partial charge in [-0.3, -0.25) is 14.9 Å². The van der Waals surface area contributed by atoms with E-state index in [2.05, 4.69) is 5.32 Å². The summed E-state index contributed by atoms with van der Waals surface area (Å²) in [6.45, 7) is 1.51. The Morgan fingerprint density at radius 2 is 2.00 bits per heavy atom. The maximum Gasteiger partial charge on any atom is 0.416 e. The third-order valence-electron chi connectivity index (χ3n) is 3.37. The van der Waals surface area contributed by atoms with Crippen molar-refractivity contribution in [2.75, 3.05) is 6.54 Å². The summed E-state index contributed by atoms with van der Waals surface area (Å²) in [5.74, 6) is -0.875. The summed E-state index contributed by atoms with van der Waals surface area (Å²) < 4.78 is 43.5. The van der Waals surface area contributed by atoms with Gasteiger partial charge < -0.3 is 15.2 Å². The molecule has 1 unspecified atom stereocenters. The highest BCUT2D eigenvalue weighted by atomic mass is 19.4. The molecule has 2 rings (SSSR count). The Bertz CT molecular complexity index is 853. The summed E-state index contributed by atoms with van der Waals surface area (Å²) in [7, 11) is 0. The number of carbonyl (C=O) groups excluding carboxylic acids is 1. The number of aliphatic hydroxyl groups excluding tert-OH is 1. The molecule has 0 radical (unpaired) electrons. The highest BCUT2D eigenvalue weighted by molar-refractivity contribution is 5.94. The number of nitrogens with one attached hydrogen (secondary N) is 1. The van der Waals surface area contributed by atoms with Gasteiger partial charge in [0.25, 0.3) is 5.91 Å². The van der Waals surface area contributed by atoms with Gasteiger partial charge in [0, 0.05) is 18.2 Å². The number of ether oxygens (including phenoxy) is 1. The average Bonchev–Trinajstić information content (AvgIpc) is 2.59. The number of alkyl halides is 3. The second-order valence-electron chi connectivity index (χ2n) is 5.63. The maximum atomic E-state index is 12.7. The molecule has 7 nitrogen and oxygen atoms in total. The van der Waals surface area contributed by atoms with Crippen molar-refractivity contribution in [3.8, 4) is 11.5 Å². The number of rotatable bonds is 6. The Kier molecular flexibility index (Phi) is 6.01. The zero-order valence-electron chi connectivity index (χ0n) is 14.0. The van der Waals surface area contributed by atoms with Crippen LogP contribution in [0.5, 0.6) is 11.5 Å². The predicted octanol–water partition coefficient (Wildman–Crippen LogP) is 3.52. The molecule has 0 aliphatic carbocycles. The number of nitro groups is 1. The van der Waals surface area contributed by atoms with Gasteiger partial charge in [-0.2, -0.15) is 13.2 Å². The molecule has 27 heavy (non-hydrogen) atoms. The molecule has 1 amide bonds. The van der Waals surface area contributed by atoms with E-state index in [1.807, 2.05) is 0 Å². The topological polar surface area (TPSA) is 102 Å². The SMILES string of the molecule is CC(O)CNC(=O)c1cccc(Oc2ccc(C(F)(F)F)cc2[N+](=O)[O-])c1. The minimum Gasteiger partial charge on any atom is -0.450 e. The first kappa shape index (κ1) is 20.2. The summed E-state index contributed by atoms with van der Waals surface area (Å²) in [5.41, 5.74) is -1.87. The largest absolute Gasteiger partial charge is 0.450 e. The molecule has 0 fully saturated rings. The van der Waals surface area contributed by atoms with E-state index in [0.29, 0.717) is 12.1 Å². The van der Waals surface area contributed by atoms with E-state index in [9.17, 15) is 33.2 Å². The molecule has 0 aromatic heterocycles. The minimum atomic E-state index is -4.73. The lowest BCUT2D eigenvalue weighted by atomic mass is 10.1. The zero-order valence-corrected chi connectivity index (χ0v) is 14.0. The molecule has 2 N–H and O–H groups in total. The van der Waals surface area contributed by atoms with Gasteiger partial charge in [-0.25, -0.2) is 0 Å². The fourth-order valence-electron chi connectivity index (χ4n) is 2.09. The molecule has 0 bridgehead atoms. The van der Waals surface area contributed by atoms with E-state index < -0.39 is 40.1 Å². The zero-order chi connectivity index (χ0) is 20.2. The number of hydrogen-bond acceptors (Lipinski definition) is 5. The van der Waals surface area contributed by atoms with E-state index in [4.69, 9.17) is 4.74 Å². The van der Waals surface area contributed by atoms with Gasteiger partial charge in [-0.1, -0.05) is 6.07 Å². The third-order valence-corrected chi connectivity index (χ3v) is 3.37. The van der Waals surface area contributed by atoms with E-state index in [-0.39, 0.29) is 17.9 Å². The summed E-state index contributed by atoms with van der Waals surface area (Å²) >= 11 is 0.